The first-order chi connectivity index (χ1) is 8.09. The molecular weight excluding hydrogens is 230 g/mol. The van der Waals surface area contributed by atoms with Crippen LogP contribution in [0.1, 0.15) is 53.9 Å². The van der Waals surface area contributed by atoms with Gasteiger partial charge >= 0.3 is 0 Å². The molecule has 0 bridgehead atoms. The van der Waals surface area contributed by atoms with Crippen molar-refractivity contribution in [2.24, 2.45) is 10.5 Å². The van der Waals surface area contributed by atoms with Crippen LogP contribution in [-0.4, -0.2) is 23.1 Å². The number of carbonyl (C=O) groups is 2. The number of carbonyl (C=O) groups excluding carboxylic acids is 2. The van der Waals surface area contributed by atoms with Crippen molar-refractivity contribution >= 4 is 17.5 Å². The molecule has 5 nitrogen and oxygen atoms in total. The summed E-state index contributed by atoms with van der Waals surface area (Å²) < 4.78 is 0. The molecule has 1 heterocycles. The summed E-state index contributed by atoms with van der Waals surface area (Å²) in [4.78, 5) is 23.0. The molecule has 2 N–H and O–H groups in total. The Balaban J connectivity index is 2.61. The molecular formula is C13H23N3O2. The zero-order valence-electron chi connectivity index (χ0n) is 11.9. The molecule has 0 aliphatic carbocycles. The van der Waals surface area contributed by atoms with Gasteiger partial charge in [0.05, 0.1) is 0 Å². The van der Waals surface area contributed by atoms with Crippen LogP contribution in [0.3, 0.4) is 0 Å². The SMILES string of the molecule is CC(C)(C)CC(C)(C)NC(=O)C1=NNC(=O)CC1. The number of hydrazone groups is 1. The van der Waals surface area contributed by atoms with Crippen LogP contribution in [0.2, 0.25) is 0 Å². The fraction of sp³-hybridized carbons (Fsp3) is 0.769. The van der Waals surface area contributed by atoms with Gasteiger partial charge < -0.3 is 5.32 Å². The van der Waals surface area contributed by atoms with E-state index in [1.54, 1.807) is 0 Å². The lowest BCUT2D eigenvalue weighted by Gasteiger charge is -2.33. The smallest absolute Gasteiger partial charge is 0.267 e. The van der Waals surface area contributed by atoms with Crippen LogP contribution in [0.5, 0.6) is 0 Å². The minimum absolute atomic E-state index is 0.138. The Hall–Kier alpha value is -1.39. The van der Waals surface area contributed by atoms with E-state index in [2.05, 4.69) is 36.6 Å². The van der Waals surface area contributed by atoms with Crippen LogP contribution in [0.15, 0.2) is 5.10 Å². The van der Waals surface area contributed by atoms with Gasteiger partial charge in [-0.15, -0.1) is 0 Å². The Kier molecular flexibility index (Phi) is 4.14. The molecule has 2 amide bonds. The van der Waals surface area contributed by atoms with Gasteiger partial charge in [-0.25, -0.2) is 5.43 Å². The number of nitrogens with zero attached hydrogens (tertiary/aromatic N) is 1. The molecule has 102 valence electrons. The van der Waals surface area contributed by atoms with Crippen LogP contribution in [0.4, 0.5) is 0 Å². The van der Waals surface area contributed by atoms with Crippen LogP contribution < -0.4 is 10.7 Å². The van der Waals surface area contributed by atoms with Gasteiger partial charge in [0.15, 0.2) is 0 Å². The topological polar surface area (TPSA) is 70.6 Å². The summed E-state index contributed by atoms with van der Waals surface area (Å²) >= 11 is 0. The van der Waals surface area contributed by atoms with Gasteiger partial charge in [0.1, 0.15) is 5.71 Å². The number of hydrogen-bond acceptors (Lipinski definition) is 3. The predicted octanol–water partition coefficient (Wildman–Crippen LogP) is 1.58. The zero-order chi connectivity index (χ0) is 14.0. The predicted molar refractivity (Wildman–Crippen MR) is 71.1 cm³/mol. The third-order valence-corrected chi connectivity index (χ3v) is 2.59. The Labute approximate surface area is 108 Å². The second kappa shape index (κ2) is 5.08. The number of amides is 2. The highest BCUT2D eigenvalue weighted by Gasteiger charge is 2.29. The van der Waals surface area contributed by atoms with Crippen LogP contribution in [0.25, 0.3) is 0 Å². The minimum atomic E-state index is -0.292. The summed E-state index contributed by atoms with van der Waals surface area (Å²) in [7, 11) is 0. The monoisotopic (exact) mass is 253 g/mol. The van der Waals surface area contributed by atoms with Crippen molar-refractivity contribution in [1.82, 2.24) is 10.7 Å². The van der Waals surface area contributed by atoms with E-state index in [1.165, 1.54) is 0 Å². The fourth-order valence-corrected chi connectivity index (χ4v) is 2.39. The van der Waals surface area contributed by atoms with E-state index in [-0.39, 0.29) is 22.8 Å². The average molecular weight is 253 g/mol. The summed E-state index contributed by atoms with van der Waals surface area (Å²) in [5, 5.41) is 6.77. The van der Waals surface area contributed by atoms with Crippen molar-refractivity contribution in [3.05, 3.63) is 0 Å². The molecule has 1 aliphatic rings. The van der Waals surface area contributed by atoms with Crippen LogP contribution >= 0.6 is 0 Å². The van der Waals surface area contributed by atoms with E-state index in [0.717, 1.165) is 6.42 Å². The average Bonchev–Trinajstić information content (AvgIpc) is 2.13. The standard InChI is InChI=1S/C13H23N3O2/c1-12(2,3)8-13(4,5)14-11(18)9-6-7-10(17)16-15-9/h6-8H2,1-5H3,(H,14,18)(H,16,17). The number of rotatable bonds is 3. The van der Waals surface area contributed by atoms with Crippen molar-refractivity contribution in [2.45, 2.75) is 59.4 Å². The molecule has 0 aromatic carbocycles. The van der Waals surface area contributed by atoms with Gasteiger partial charge in [-0.2, -0.15) is 5.10 Å². The second-order valence-corrected chi connectivity index (χ2v) is 6.67. The first-order valence-electron chi connectivity index (χ1n) is 6.27. The molecule has 5 heteroatoms. The molecule has 0 aromatic heterocycles. The van der Waals surface area contributed by atoms with Crippen molar-refractivity contribution in [3.8, 4) is 0 Å². The summed E-state index contributed by atoms with van der Waals surface area (Å²) in [6, 6.07) is 0. The molecule has 0 fully saturated rings. The molecule has 18 heavy (non-hydrogen) atoms. The number of hydrogen-bond donors (Lipinski definition) is 2. The van der Waals surface area contributed by atoms with Gasteiger partial charge in [0.2, 0.25) is 5.91 Å². The van der Waals surface area contributed by atoms with E-state index in [0.29, 0.717) is 18.6 Å². The highest BCUT2D eigenvalue weighted by Crippen LogP contribution is 2.26. The minimum Gasteiger partial charge on any atom is -0.346 e. The Morgan fingerprint density at radius 1 is 1.28 bits per heavy atom. The molecule has 0 saturated heterocycles. The molecule has 0 unspecified atom stereocenters. The molecule has 0 saturated carbocycles. The van der Waals surface area contributed by atoms with Crippen molar-refractivity contribution in [1.29, 1.82) is 0 Å². The Bertz CT molecular complexity index is 378. The summed E-state index contributed by atoms with van der Waals surface area (Å²) in [6.45, 7) is 10.4. The molecule has 0 radical (unpaired) electrons. The van der Waals surface area contributed by atoms with Gasteiger partial charge in [-0.1, -0.05) is 20.8 Å². The fourth-order valence-electron chi connectivity index (χ4n) is 2.39. The zero-order valence-corrected chi connectivity index (χ0v) is 11.9. The lowest BCUT2D eigenvalue weighted by atomic mass is 9.81. The van der Waals surface area contributed by atoms with Gasteiger partial charge in [0, 0.05) is 18.4 Å². The number of nitrogens with one attached hydrogen (secondary N) is 2. The largest absolute Gasteiger partial charge is 0.346 e. The quantitative estimate of drug-likeness (QED) is 0.801. The highest BCUT2D eigenvalue weighted by molar-refractivity contribution is 6.39. The normalized spacial score (nSPS) is 16.9. The first-order valence-corrected chi connectivity index (χ1v) is 6.27. The molecule has 1 rings (SSSR count). The highest BCUT2D eigenvalue weighted by atomic mass is 16.2. The third-order valence-electron chi connectivity index (χ3n) is 2.59. The Morgan fingerprint density at radius 2 is 1.89 bits per heavy atom. The molecule has 0 atom stereocenters. The second-order valence-electron chi connectivity index (χ2n) is 6.67. The van der Waals surface area contributed by atoms with E-state index >= 15 is 0 Å². The van der Waals surface area contributed by atoms with Gasteiger partial charge in [-0.3, -0.25) is 9.59 Å². The van der Waals surface area contributed by atoms with Gasteiger partial charge in [-0.05, 0) is 25.7 Å². The van der Waals surface area contributed by atoms with Crippen molar-refractivity contribution in [2.75, 3.05) is 0 Å². The maximum Gasteiger partial charge on any atom is 0.267 e. The lowest BCUT2D eigenvalue weighted by Crippen LogP contribution is -2.49. The lowest BCUT2D eigenvalue weighted by molar-refractivity contribution is -0.121. The van der Waals surface area contributed by atoms with Crippen molar-refractivity contribution in [3.63, 3.8) is 0 Å². The maximum absolute atomic E-state index is 12.0. The van der Waals surface area contributed by atoms with E-state index in [1.807, 2.05) is 13.8 Å². The molecule has 0 spiro atoms. The molecule has 1 aliphatic heterocycles. The summed E-state index contributed by atoms with van der Waals surface area (Å²) in [5.41, 5.74) is 2.58. The maximum atomic E-state index is 12.0. The summed E-state index contributed by atoms with van der Waals surface area (Å²) in [5.74, 6) is -0.329. The van der Waals surface area contributed by atoms with Crippen molar-refractivity contribution < 1.29 is 9.59 Å². The summed E-state index contributed by atoms with van der Waals surface area (Å²) in [6.07, 6.45) is 1.60. The van der Waals surface area contributed by atoms with E-state index in [4.69, 9.17) is 0 Å². The van der Waals surface area contributed by atoms with Crippen LogP contribution in [-0.2, 0) is 9.59 Å². The molecule has 0 aromatic rings. The van der Waals surface area contributed by atoms with Crippen LogP contribution in [0, 0.1) is 5.41 Å². The third kappa shape index (κ3) is 4.85. The van der Waals surface area contributed by atoms with Gasteiger partial charge in [0.25, 0.3) is 5.91 Å². The van der Waals surface area contributed by atoms with E-state index in [9.17, 15) is 9.59 Å². The Morgan fingerprint density at radius 3 is 2.33 bits per heavy atom. The van der Waals surface area contributed by atoms with E-state index < -0.39 is 0 Å². The first kappa shape index (κ1) is 14.7.